The average Bonchev–Trinajstić information content (AvgIpc) is 3.11. The number of benzene rings is 1. The molecule has 2 unspecified atom stereocenters. The zero-order valence-corrected chi connectivity index (χ0v) is 17.6. The van der Waals surface area contributed by atoms with Crippen LogP contribution < -0.4 is 10.6 Å². The molecule has 3 saturated heterocycles. The molecular weight excluding hydrogens is 392 g/mol. The zero-order valence-electron chi connectivity index (χ0n) is 16.0. The van der Waals surface area contributed by atoms with E-state index in [0.717, 1.165) is 28.0 Å². The number of nitrogens with one attached hydrogen (secondary N) is 2. The molecule has 2 amide bonds. The fraction of sp³-hybridized carbons (Fsp3) is 0.450. The molecule has 148 valence electrons. The summed E-state index contributed by atoms with van der Waals surface area (Å²) in [4.78, 5) is 27.3. The minimum Gasteiger partial charge on any atom is -0.347 e. The van der Waals surface area contributed by atoms with Gasteiger partial charge >= 0.3 is 0 Å². The van der Waals surface area contributed by atoms with Gasteiger partial charge in [-0.1, -0.05) is 11.8 Å². The predicted molar refractivity (Wildman–Crippen MR) is 112 cm³/mol. The summed E-state index contributed by atoms with van der Waals surface area (Å²) in [7, 11) is 0. The third-order valence-electron chi connectivity index (χ3n) is 5.60. The third kappa shape index (κ3) is 4.24. The molecule has 1 aromatic heterocycles. The maximum atomic E-state index is 12.7. The summed E-state index contributed by atoms with van der Waals surface area (Å²) in [6, 6.07) is 10.1. The molecule has 0 spiro atoms. The Morgan fingerprint density at radius 1 is 1.21 bits per heavy atom. The van der Waals surface area contributed by atoms with Crippen LogP contribution in [-0.2, 0) is 4.79 Å². The van der Waals surface area contributed by atoms with Gasteiger partial charge in [0, 0.05) is 35.5 Å². The van der Waals surface area contributed by atoms with E-state index >= 15 is 0 Å². The van der Waals surface area contributed by atoms with E-state index in [9.17, 15) is 9.59 Å². The number of aromatic nitrogens is 1. The minimum atomic E-state index is -0.104. The first-order valence-corrected chi connectivity index (χ1v) is 11.2. The molecule has 6 nitrogen and oxygen atoms in total. The van der Waals surface area contributed by atoms with Crippen molar-refractivity contribution in [3.05, 3.63) is 35.9 Å². The summed E-state index contributed by atoms with van der Waals surface area (Å²) < 4.78 is 4.34. The van der Waals surface area contributed by atoms with Crippen LogP contribution in [-0.4, -0.2) is 46.3 Å². The summed E-state index contributed by atoms with van der Waals surface area (Å²) in [6.07, 6.45) is 2.36. The van der Waals surface area contributed by atoms with E-state index in [2.05, 4.69) is 26.8 Å². The van der Waals surface area contributed by atoms with Gasteiger partial charge in [0.2, 0.25) is 5.91 Å². The molecule has 3 aliphatic heterocycles. The molecule has 0 radical (unpaired) electrons. The molecule has 0 aliphatic carbocycles. The van der Waals surface area contributed by atoms with Crippen LogP contribution in [0.2, 0.25) is 0 Å². The van der Waals surface area contributed by atoms with Gasteiger partial charge in [0.25, 0.3) is 5.91 Å². The van der Waals surface area contributed by atoms with Crippen LogP contribution in [0.4, 0.5) is 5.00 Å². The molecule has 0 saturated carbocycles. The minimum absolute atomic E-state index is 0.00347. The monoisotopic (exact) mass is 416 g/mol. The van der Waals surface area contributed by atoms with Crippen molar-refractivity contribution in [2.75, 3.05) is 18.4 Å². The number of anilines is 1. The van der Waals surface area contributed by atoms with Crippen LogP contribution in [0.25, 0.3) is 0 Å². The van der Waals surface area contributed by atoms with Gasteiger partial charge in [-0.05, 0) is 74.6 Å². The molecule has 2 aromatic rings. The van der Waals surface area contributed by atoms with Gasteiger partial charge in [-0.25, -0.2) is 0 Å². The van der Waals surface area contributed by atoms with Crippen molar-refractivity contribution in [3.63, 3.8) is 0 Å². The molecular formula is C20H24N4O2S2. The Bertz CT molecular complexity index is 857. The van der Waals surface area contributed by atoms with E-state index in [-0.39, 0.29) is 17.9 Å². The van der Waals surface area contributed by atoms with Crippen LogP contribution >= 0.6 is 23.3 Å². The van der Waals surface area contributed by atoms with E-state index in [1.165, 1.54) is 43.1 Å². The molecule has 3 aliphatic rings. The zero-order chi connectivity index (χ0) is 19.7. The summed E-state index contributed by atoms with van der Waals surface area (Å²) >= 11 is 2.77. The van der Waals surface area contributed by atoms with E-state index in [4.69, 9.17) is 0 Å². The molecule has 4 heterocycles. The number of piperidine rings is 3. The predicted octanol–water partition coefficient (Wildman–Crippen LogP) is 3.47. The number of carbonyl (C=O) groups is 2. The first-order valence-electron chi connectivity index (χ1n) is 9.57. The average molecular weight is 417 g/mol. The summed E-state index contributed by atoms with van der Waals surface area (Å²) in [5.74, 6) is 0.498. The van der Waals surface area contributed by atoms with Crippen LogP contribution in [0.15, 0.2) is 40.3 Å². The Morgan fingerprint density at radius 2 is 1.93 bits per heavy atom. The van der Waals surface area contributed by atoms with Crippen LogP contribution in [0.5, 0.6) is 0 Å². The molecule has 2 atom stereocenters. The second-order valence-corrected chi connectivity index (χ2v) is 9.35. The van der Waals surface area contributed by atoms with Gasteiger partial charge in [0.15, 0.2) is 0 Å². The lowest BCUT2D eigenvalue weighted by atomic mass is 9.79. The highest BCUT2D eigenvalue weighted by atomic mass is 32.2. The Balaban J connectivity index is 1.37. The van der Waals surface area contributed by atoms with Gasteiger partial charge in [-0.15, -0.1) is 0 Å². The number of hydrogen-bond donors (Lipinski definition) is 2. The largest absolute Gasteiger partial charge is 0.347 e. The van der Waals surface area contributed by atoms with Crippen molar-refractivity contribution in [1.82, 2.24) is 14.6 Å². The van der Waals surface area contributed by atoms with Crippen LogP contribution in [0, 0.1) is 5.92 Å². The SMILES string of the molecule is CC(=O)Nc1cc(Sc2ccc(C(=O)NC3C4CCN(CC4)C3C)cc2)ns1. The highest BCUT2D eigenvalue weighted by Crippen LogP contribution is 2.33. The van der Waals surface area contributed by atoms with E-state index in [1.54, 1.807) is 0 Å². The van der Waals surface area contributed by atoms with Crippen LogP contribution in [0.1, 0.15) is 37.0 Å². The van der Waals surface area contributed by atoms with E-state index in [0.29, 0.717) is 17.5 Å². The maximum Gasteiger partial charge on any atom is 0.251 e. The van der Waals surface area contributed by atoms with Crippen molar-refractivity contribution in [2.24, 2.45) is 5.92 Å². The second-order valence-electron chi connectivity index (χ2n) is 7.45. The van der Waals surface area contributed by atoms with Gasteiger partial charge < -0.3 is 10.6 Å². The Labute approximate surface area is 173 Å². The van der Waals surface area contributed by atoms with Gasteiger partial charge in [-0.3, -0.25) is 14.5 Å². The lowest BCUT2D eigenvalue weighted by Gasteiger charge is -2.49. The summed E-state index contributed by atoms with van der Waals surface area (Å²) in [5.41, 5.74) is 0.685. The van der Waals surface area contributed by atoms with Gasteiger partial charge in [-0.2, -0.15) is 4.37 Å². The number of rotatable bonds is 5. The lowest BCUT2D eigenvalue weighted by Crippen LogP contribution is -2.62. The fourth-order valence-electron chi connectivity index (χ4n) is 4.11. The Morgan fingerprint density at radius 3 is 2.57 bits per heavy atom. The smallest absolute Gasteiger partial charge is 0.251 e. The standard InChI is InChI=1S/C20H24N4O2S2/c1-12-19(14-7-9-24(12)10-8-14)22-20(26)15-3-5-16(6-4-15)27-18-11-17(28-23-18)21-13(2)25/h3-6,11-12,14,19H,7-10H2,1-2H3,(H,21,25)(H,22,26). The second kappa shape index (κ2) is 8.23. The number of hydrogen-bond acceptors (Lipinski definition) is 6. The van der Waals surface area contributed by atoms with E-state index < -0.39 is 0 Å². The van der Waals surface area contributed by atoms with Gasteiger partial charge in [0.1, 0.15) is 10.0 Å². The first-order chi connectivity index (χ1) is 13.5. The fourth-order valence-corrected chi connectivity index (χ4v) is 5.74. The maximum absolute atomic E-state index is 12.7. The van der Waals surface area contributed by atoms with Crippen molar-refractivity contribution in [3.8, 4) is 0 Å². The highest BCUT2D eigenvalue weighted by molar-refractivity contribution is 7.99. The molecule has 5 rings (SSSR count). The number of amides is 2. The van der Waals surface area contributed by atoms with Crippen molar-refractivity contribution in [1.29, 1.82) is 0 Å². The highest BCUT2D eigenvalue weighted by Gasteiger charge is 2.40. The number of carbonyl (C=O) groups excluding carboxylic acids is 2. The molecule has 8 heteroatoms. The third-order valence-corrected chi connectivity index (χ3v) is 7.35. The molecule has 2 bridgehead atoms. The number of fused-ring (bicyclic) bond motifs is 3. The Hall–Kier alpha value is -1.90. The van der Waals surface area contributed by atoms with Crippen LogP contribution in [0.3, 0.4) is 0 Å². The Kier molecular flexibility index (Phi) is 5.70. The van der Waals surface area contributed by atoms with E-state index in [1.807, 2.05) is 30.3 Å². The molecule has 1 aromatic carbocycles. The molecule has 28 heavy (non-hydrogen) atoms. The number of nitrogens with zero attached hydrogens (tertiary/aromatic N) is 2. The van der Waals surface area contributed by atoms with Crippen molar-refractivity contribution >= 4 is 40.1 Å². The van der Waals surface area contributed by atoms with Crippen molar-refractivity contribution in [2.45, 2.75) is 48.7 Å². The van der Waals surface area contributed by atoms with Gasteiger partial charge in [0.05, 0.1) is 0 Å². The quantitative estimate of drug-likeness (QED) is 0.781. The van der Waals surface area contributed by atoms with Crippen molar-refractivity contribution < 1.29 is 9.59 Å². The molecule has 2 N–H and O–H groups in total. The summed E-state index contributed by atoms with van der Waals surface area (Å²) in [5, 5.41) is 7.56. The first kappa shape index (κ1) is 19.4. The normalized spacial score (nSPS) is 26.1. The topological polar surface area (TPSA) is 74.3 Å². The molecule has 3 fully saturated rings. The lowest BCUT2D eigenvalue weighted by molar-refractivity contribution is -0.114. The summed E-state index contributed by atoms with van der Waals surface area (Å²) in [6.45, 7) is 6.01.